The van der Waals surface area contributed by atoms with Crippen molar-refractivity contribution < 1.29 is 31.1 Å². The van der Waals surface area contributed by atoms with Gasteiger partial charge in [-0.05, 0) is 43.2 Å². The number of halogens is 3. The molecule has 0 saturated heterocycles. The number of amides is 1. The molecule has 164 valence electrons. The van der Waals surface area contributed by atoms with Gasteiger partial charge in [-0.15, -0.1) is 17.6 Å². The molecule has 31 heavy (non-hydrogen) atoms. The lowest BCUT2D eigenvalue weighted by atomic mass is 10.1. The van der Waals surface area contributed by atoms with Gasteiger partial charge < -0.3 is 10.1 Å². The van der Waals surface area contributed by atoms with Crippen LogP contribution in [0.1, 0.15) is 12.5 Å². The van der Waals surface area contributed by atoms with E-state index in [9.17, 15) is 26.4 Å². The molecule has 1 amide bonds. The van der Waals surface area contributed by atoms with Crippen molar-refractivity contribution >= 4 is 27.5 Å². The van der Waals surface area contributed by atoms with Crippen LogP contribution in [0.25, 0.3) is 0 Å². The SMILES string of the molecule is CC1=NS(=O)(=O)N(CCc2ccccc2)C=C1C(=O)Nc1ccc(OC(F)(F)F)cc1. The molecule has 0 radical (unpaired) electrons. The van der Waals surface area contributed by atoms with E-state index in [1.54, 1.807) is 0 Å². The first-order valence-electron chi connectivity index (χ1n) is 9.05. The molecule has 0 spiro atoms. The summed E-state index contributed by atoms with van der Waals surface area (Å²) >= 11 is 0. The summed E-state index contributed by atoms with van der Waals surface area (Å²) in [7, 11) is -3.96. The zero-order chi connectivity index (χ0) is 22.6. The van der Waals surface area contributed by atoms with Gasteiger partial charge in [0.25, 0.3) is 5.91 Å². The molecule has 1 aliphatic rings. The molecular weight excluding hydrogens is 435 g/mol. The van der Waals surface area contributed by atoms with Crippen molar-refractivity contribution in [3.8, 4) is 5.75 Å². The van der Waals surface area contributed by atoms with Crippen molar-refractivity contribution in [3.05, 3.63) is 71.9 Å². The van der Waals surface area contributed by atoms with Gasteiger partial charge in [-0.1, -0.05) is 30.3 Å². The minimum absolute atomic E-state index is 0.00508. The molecule has 0 atom stereocenters. The van der Waals surface area contributed by atoms with E-state index in [2.05, 4.69) is 14.5 Å². The Morgan fingerprint density at radius 2 is 1.74 bits per heavy atom. The van der Waals surface area contributed by atoms with Crippen molar-refractivity contribution in [1.82, 2.24) is 4.31 Å². The van der Waals surface area contributed by atoms with Crippen molar-refractivity contribution in [2.45, 2.75) is 19.7 Å². The lowest BCUT2D eigenvalue weighted by molar-refractivity contribution is -0.274. The largest absolute Gasteiger partial charge is 0.573 e. The maximum absolute atomic E-state index is 12.6. The fourth-order valence-electron chi connectivity index (χ4n) is 2.80. The van der Waals surface area contributed by atoms with Crippen LogP contribution in [0.2, 0.25) is 0 Å². The number of carbonyl (C=O) groups is 1. The third kappa shape index (κ3) is 6.07. The van der Waals surface area contributed by atoms with Crippen LogP contribution in [-0.2, 0) is 21.4 Å². The van der Waals surface area contributed by atoms with Gasteiger partial charge in [0.1, 0.15) is 5.75 Å². The summed E-state index contributed by atoms with van der Waals surface area (Å²) in [6.45, 7) is 1.47. The Balaban J connectivity index is 1.72. The van der Waals surface area contributed by atoms with Crippen molar-refractivity contribution in [1.29, 1.82) is 0 Å². The number of rotatable bonds is 6. The highest BCUT2D eigenvalue weighted by Crippen LogP contribution is 2.24. The highest BCUT2D eigenvalue weighted by Gasteiger charge is 2.31. The van der Waals surface area contributed by atoms with Gasteiger partial charge in [0.2, 0.25) is 0 Å². The lowest BCUT2D eigenvalue weighted by Gasteiger charge is -2.23. The molecular formula is C20H18F3N3O4S. The van der Waals surface area contributed by atoms with E-state index in [1.165, 1.54) is 25.3 Å². The molecule has 1 N–H and O–H groups in total. The number of hydrogen-bond acceptors (Lipinski definition) is 4. The van der Waals surface area contributed by atoms with Crippen molar-refractivity contribution in [2.24, 2.45) is 4.40 Å². The third-order valence-corrected chi connectivity index (χ3v) is 5.65. The number of benzene rings is 2. The summed E-state index contributed by atoms with van der Waals surface area (Å²) in [5.74, 6) is -1.08. The first kappa shape index (κ1) is 22.3. The zero-order valence-electron chi connectivity index (χ0n) is 16.3. The number of hydrogen-bond donors (Lipinski definition) is 1. The average molecular weight is 453 g/mol. The zero-order valence-corrected chi connectivity index (χ0v) is 17.1. The molecule has 1 aliphatic heterocycles. The van der Waals surface area contributed by atoms with E-state index in [0.717, 1.165) is 22.0 Å². The highest BCUT2D eigenvalue weighted by molar-refractivity contribution is 7.88. The Morgan fingerprint density at radius 1 is 1.10 bits per heavy atom. The van der Waals surface area contributed by atoms with Crippen LogP contribution in [-0.4, -0.2) is 37.2 Å². The third-order valence-electron chi connectivity index (χ3n) is 4.27. The normalized spacial score (nSPS) is 15.7. The Kier molecular flexibility index (Phi) is 6.34. The van der Waals surface area contributed by atoms with E-state index in [0.29, 0.717) is 6.42 Å². The number of alkyl halides is 3. The molecule has 11 heteroatoms. The second-order valence-electron chi connectivity index (χ2n) is 6.57. The molecule has 0 aromatic heterocycles. The molecule has 0 aliphatic carbocycles. The van der Waals surface area contributed by atoms with Crippen LogP contribution >= 0.6 is 0 Å². The summed E-state index contributed by atoms with van der Waals surface area (Å²) in [6.07, 6.45) is -3.20. The lowest BCUT2D eigenvalue weighted by Crippen LogP contribution is -2.34. The summed E-state index contributed by atoms with van der Waals surface area (Å²) < 4.78 is 69.8. The first-order chi connectivity index (χ1) is 14.5. The Hall–Kier alpha value is -3.34. The number of anilines is 1. The molecule has 7 nitrogen and oxygen atoms in total. The van der Waals surface area contributed by atoms with Crippen molar-refractivity contribution in [3.63, 3.8) is 0 Å². The van der Waals surface area contributed by atoms with Gasteiger partial charge in [0.15, 0.2) is 0 Å². The maximum Gasteiger partial charge on any atom is 0.573 e. The molecule has 0 saturated carbocycles. The Labute approximate surface area is 177 Å². The van der Waals surface area contributed by atoms with Gasteiger partial charge >= 0.3 is 16.6 Å². The van der Waals surface area contributed by atoms with Crippen LogP contribution in [0.3, 0.4) is 0 Å². The minimum Gasteiger partial charge on any atom is -0.406 e. The fourth-order valence-corrected chi connectivity index (χ4v) is 3.91. The van der Waals surface area contributed by atoms with E-state index >= 15 is 0 Å². The molecule has 1 heterocycles. The van der Waals surface area contributed by atoms with E-state index in [1.807, 2.05) is 30.3 Å². The second kappa shape index (κ2) is 8.80. The summed E-state index contributed by atoms with van der Waals surface area (Å²) in [4.78, 5) is 12.6. The van der Waals surface area contributed by atoms with Crippen LogP contribution in [0.5, 0.6) is 5.75 Å². The minimum atomic E-state index is -4.82. The van der Waals surface area contributed by atoms with Gasteiger partial charge in [0.05, 0.1) is 11.3 Å². The molecule has 0 fully saturated rings. The van der Waals surface area contributed by atoms with Crippen LogP contribution in [0, 0.1) is 0 Å². The van der Waals surface area contributed by atoms with E-state index in [-0.39, 0.29) is 23.5 Å². The summed E-state index contributed by atoms with van der Waals surface area (Å²) in [5, 5.41) is 2.51. The van der Waals surface area contributed by atoms with Gasteiger partial charge in [-0.3, -0.25) is 9.10 Å². The molecule has 2 aromatic rings. The molecule has 0 bridgehead atoms. The topological polar surface area (TPSA) is 88.1 Å². The van der Waals surface area contributed by atoms with Gasteiger partial charge in [-0.2, -0.15) is 8.42 Å². The fraction of sp³-hybridized carbons (Fsp3) is 0.200. The average Bonchev–Trinajstić information content (AvgIpc) is 2.68. The quantitative estimate of drug-likeness (QED) is 0.723. The standard InChI is InChI=1S/C20H18F3N3O4S/c1-14-18(19(27)24-16-7-9-17(10-8-16)30-20(21,22)23)13-26(31(28,29)25-14)12-11-15-5-3-2-4-6-15/h2-10,13H,11-12H2,1H3,(H,24,27). The number of ether oxygens (including phenoxy) is 1. The highest BCUT2D eigenvalue weighted by atomic mass is 32.2. The summed E-state index contributed by atoms with van der Waals surface area (Å²) in [6, 6.07) is 13.8. The van der Waals surface area contributed by atoms with Crippen LogP contribution in [0.4, 0.5) is 18.9 Å². The van der Waals surface area contributed by atoms with E-state index < -0.39 is 28.2 Å². The maximum atomic E-state index is 12.6. The van der Waals surface area contributed by atoms with Crippen LogP contribution in [0.15, 0.2) is 70.8 Å². The van der Waals surface area contributed by atoms with Crippen molar-refractivity contribution in [2.75, 3.05) is 11.9 Å². The summed E-state index contributed by atoms with van der Waals surface area (Å²) in [5.41, 5.74) is 1.16. The van der Waals surface area contributed by atoms with Crippen LogP contribution < -0.4 is 10.1 Å². The Bertz CT molecular complexity index is 1110. The Morgan fingerprint density at radius 3 is 2.35 bits per heavy atom. The smallest absolute Gasteiger partial charge is 0.406 e. The van der Waals surface area contributed by atoms with Gasteiger partial charge in [-0.25, -0.2) is 0 Å². The monoisotopic (exact) mass is 453 g/mol. The predicted molar refractivity (Wildman–Crippen MR) is 109 cm³/mol. The predicted octanol–water partition coefficient (Wildman–Crippen LogP) is 3.67. The van der Waals surface area contributed by atoms with Gasteiger partial charge in [0, 0.05) is 18.4 Å². The number of carbonyl (C=O) groups excluding carboxylic acids is 1. The molecule has 2 aromatic carbocycles. The molecule has 0 unspecified atom stereocenters. The van der Waals surface area contributed by atoms with E-state index in [4.69, 9.17) is 0 Å². The number of nitrogens with zero attached hydrogens (tertiary/aromatic N) is 2. The molecule has 3 rings (SSSR count). The first-order valence-corrected chi connectivity index (χ1v) is 10.4. The number of nitrogens with one attached hydrogen (secondary N) is 1. The second-order valence-corrected chi connectivity index (χ2v) is 8.12.